The van der Waals surface area contributed by atoms with E-state index in [9.17, 15) is 9.59 Å². The SMILES string of the molecule is O=C(O)CN(C(=O)C1=COCCO1)c1ccccc1. The molecule has 19 heavy (non-hydrogen) atoms. The third kappa shape index (κ3) is 3.25. The molecule has 0 unspecified atom stereocenters. The topological polar surface area (TPSA) is 76.1 Å². The number of rotatable bonds is 4. The summed E-state index contributed by atoms with van der Waals surface area (Å²) in [6.07, 6.45) is 1.21. The Kier molecular flexibility index (Phi) is 4.02. The standard InChI is InChI=1S/C13H13NO5/c15-12(16)8-14(10-4-2-1-3-5-10)13(17)11-9-18-6-7-19-11/h1-5,9H,6-8H2,(H,15,16). The number of carboxylic acid groups (broad SMARTS) is 1. The van der Waals surface area contributed by atoms with Crippen LogP contribution in [0.15, 0.2) is 42.4 Å². The van der Waals surface area contributed by atoms with Gasteiger partial charge in [-0.25, -0.2) is 0 Å². The van der Waals surface area contributed by atoms with Gasteiger partial charge in [0.1, 0.15) is 26.0 Å². The van der Waals surface area contributed by atoms with Crippen molar-refractivity contribution in [3.05, 3.63) is 42.4 Å². The molecule has 1 aliphatic rings. The van der Waals surface area contributed by atoms with Crippen LogP contribution in [0.25, 0.3) is 0 Å². The molecule has 1 heterocycles. The van der Waals surface area contributed by atoms with Gasteiger partial charge in [0.25, 0.3) is 5.91 Å². The molecule has 0 saturated carbocycles. The molecule has 0 radical (unpaired) electrons. The molecule has 6 nitrogen and oxygen atoms in total. The van der Waals surface area contributed by atoms with Crippen LogP contribution in [-0.2, 0) is 19.1 Å². The lowest BCUT2D eigenvalue weighted by Crippen LogP contribution is -2.38. The molecule has 1 aromatic rings. The Morgan fingerprint density at radius 1 is 1.21 bits per heavy atom. The number of hydrogen-bond acceptors (Lipinski definition) is 4. The zero-order valence-corrected chi connectivity index (χ0v) is 10.1. The first-order chi connectivity index (χ1) is 9.18. The van der Waals surface area contributed by atoms with Crippen molar-refractivity contribution in [1.29, 1.82) is 0 Å². The van der Waals surface area contributed by atoms with Crippen molar-refractivity contribution in [1.82, 2.24) is 0 Å². The van der Waals surface area contributed by atoms with Crippen LogP contribution in [0, 0.1) is 0 Å². The second kappa shape index (κ2) is 5.90. The minimum absolute atomic E-state index is 0.0105. The number of anilines is 1. The van der Waals surface area contributed by atoms with Crippen LogP contribution in [0.1, 0.15) is 0 Å². The van der Waals surface area contributed by atoms with Gasteiger partial charge in [-0.3, -0.25) is 14.5 Å². The highest BCUT2D eigenvalue weighted by Gasteiger charge is 2.25. The van der Waals surface area contributed by atoms with Gasteiger partial charge in [0.05, 0.1) is 0 Å². The van der Waals surface area contributed by atoms with Crippen LogP contribution in [0.3, 0.4) is 0 Å². The maximum Gasteiger partial charge on any atom is 0.323 e. The summed E-state index contributed by atoms with van der Waals surface area (Å²) >= 11 is 0. The lowest BCUT2D eigenvalue weighted by Gasteiger charge is -2.23. The molecular formula is C13H13NO5. The summed E-state index contributed by atoms with van der Waals surface area (Å²) in [6, 6.07) is 8.55. The quantitative estimate of drug-likeness (QED) is 0.876. The molecule has 0 atom stereocenters. The third-order valence-corrected chi connectivity index (χ3v) is 2.47. The minimum Gasteiger partial charge on any atom is -0.494 e. The molecule has 0 bridgehead atoms. The van der Waals surface area contributed by atoms with E-state index in [1.165, 1.54) is 6.26 Å². The number of para-hydroxylation sites is 1. The smallest absolute Gasteiger partial charge is 0.323 e. The fourth-order valence-corrected chi connectivity index (χ4v) is 1.64. The zero-order chi connectivity index (χ0) is 13.7. The number of aliphatic carboxylic acids is 1. The van der Waals surface area contributed by atoms with Crippen LogP contribution in [-0.4, -0.2) is 36.7 Å². The van der Waals surface area contributed by atoms with Gasteiger partial charge in [-0.1, -0.05) is 18.2 Å². The van der Waals surface area contributed by atoms with Crippen molar-refractivity contribution in [2.45, 2.75) is 0 Å². The molecule has 0 spiro atoms. The van der Waals surface area contributed by atoms with Crippen molar-refractivity contribution < 1.29 is 24.2 Å². The molecule has 1 amide bonds. The summed E-state index contributed by atoms with van der Waals surface area (Å²) in [5.74, 6) is -1.63. The van der Waals surface area contributed by atoms with Crippen molar-refractivity contribution in [3.63, 3.8) is 0 Å². The first-order valence-corrected chi connectivity index (χ1v) is 5.72. The van der Waals surface area contributed by atoms with Crippen molar-refractivity contribution in [2.75, 3.05) is 24.7 Å². The number of carbonyl (C=O) groups is 2. The van der Waals surface area contributed by atoms with E-state index >= 15 is 0 Å². The first kappa shape index (κ1) is 12.9. The Labute approximate surface area is 109 Å². The van der Waals surface area contributed by atoms with E-state index < -0.39 is 18.4 Å². The molecule has 100 valence electrons. The van der Waals surface area contributed by atoms with E-state index in [-0.39, 0.29) is 12.4 Å². The van der Waals surface area contributed by atoms with E-state index in [2.05, 4.69) is 0 Å². The largest absolute Gasteiger partial charge is 0.494 e. The summed E-state index contributed by atoms with van der Waals surface area (Å²) in [5, 5.41) is 8.91. The lowest BCUT2D eigenvalue weighted by molar-refractivity contribution is -0.136. The molecule has 2 rings (SSSR count). The van der Waals surface area contributed by atoms with Gasteiger partial charge in [-0.15, -0.1) is 0 Å². The van der Waals surface area contributed by atoms with Gasteiger partial charge in [0.15, 0.2) is 0 Å². The minimum atomic E-state index is -1.10. The Bertz CT molecular complexity index is 497. The second-order valence-electron chi connectivity index (χ2n) is 3.82. The highest BCUT2D eigenvalue weighted by molar-refractivity contribution is 6.06. The van der Waals surface area contributed by atoms with Gasteiger partial charge in [-0.2, -0.15) is 0 Å². The molecule has 0 aliphatic carbocycles. The number of nitrogens with zero attached hydrogens (tertiary/aromatic N) is 1. The fourth-order valence-electron chi connectivity index (χ4n) is 1.64. The lowest BCUT2D eigenvalue weighted by atomic mass is 10.2. The zero-order valence-electron chi connectivity index (χ0n) is 10.1. The fraction of sp³-hybridized carbons (Fsp3) is 0.231. The van der Waals surface area contributed by atoms with Gasteiger partial charge in [0.2, 0.25) is 5.76 Å². The summed E-state index contributed by atoms with van der Waals surface area (Å²) < 4.78 is 10.2. The summed E-state index contributed by atoms with van der Waals surface area (Å²) in [6.45, 7) is 0.206. The number of hydrogen-bond donors (Lipinski definition) is 1. The maximum absolute atomic E-state index is 12.2. The Morgan fingerprint density at radius 3 is 2.53 bits per heavy atom. The third-order valence-electron chi connectivity index (χ3n) is 2.47. The molecule has 0 fully saturated rings. The maximum atomic E-state index is 12.2. The second-order valence-corrected chi connectivity index (χ2v) is 3.82. The average molecular weight is 263 g/mol. The Balaban J connectivity index is 2.25. The normalized spacial score (nSPS) is 13.8. The molecule has 1 N–H and O–H groups in total. The van der Waals surface area contributed by atoms with Gasteiger partial charge in [-0.05, 0) is 12.1 Å². The Hall–Kier alpha value is -2.50. The Morgan fingerprint density at radius 2 is 1.95 bits per heavy atom. The first-order valence-electron chi connectivity index (χ1n) is 5.72. The van der Waals surface area contributed by atoms with Crippen molar-refractivity contribution in [3.8, 4) is 0 Å². The highest BCUT2D eigenvalue weighted by atomic mass is 16.6. The molecular weight excluding hydrogens is 250 g/mol. The van der Waals surface area contributed by atoms with Crippen LogP contribution < -0.4 is 4.90 Å². The molecule has 1 aliphatic heterocycles. The van der Waals surface area contributed by atoms with Gasteiger partial charge in [0, 0.05) is 5.69 Å². The van der Waals surface area contributed by atoms with Crippen molar-refractivity contribution >= 4 is 17.6 Å². The van der Waals surface area contributed by atoms with Crippen LogP contribution >= 0.6 is 0 Å². The molecule has 6 heteroatoms. The van der Waals surface area contributed by atoms with Gasteiger partial charge >= 0.3 is 5.97 Å². The van der Waals surface area contributed by atoms with Gasteiger partial charge < -0.3 is 14.6 Å². The summed E-state index contributed by atoms with van der Waals surface area (Å²) in [4.78, 5) is 24.2. The highest BCUT2D eigenvalue weighted by Crippen LogP contribution is 2.17. The monoisotopic (exact) mass is 263 g/mol. The predicted octanol–water partition coefficient (Wildman–Crippen LogP) is 0.992. The number of carboxylic acids is 1. The number of benzene rings is 1. The van der Waals surface area contributed by atoms with E-state index in [0.29, 0.717) is 12.3 Å². The number of ether oxygens (including phenoxy) is 2. The average Bonchev–Trinajstić information content (AvgIpc) is 2.46. The van der Waals surface area contributed by atoms with E-state index in [0.717, 1.165) is 4.90 Å². The molecule has 1 aromatic carbocycles. The summed E-state index contributed by atoms with van der Waals surface area (Å²) in [7, 11) is 0. The van der Waals surface area contributed by atoms with Crippen LogP contribution in [0.5, 0.6) is 0 Å². The van der Waals surface area contributed by atoms with E-state index in [4.69, 9.17) is 14.6 Å². The number of amides is 1. The number of carbonyl (C=O) groups excluding carboxylic acids is 1. The van der Waals surface area contributed by atoms with Crippen LogP contribution in [0.4, 0.5) is 5.69 Å². The van der Waals surface area contributed by atoms with E-state index in [1.54, 1.807) is 30.3 Å². The van der Waals surface area contributed by atoms with Crippen molar-refractivity contribution in [2.24, 2.45) is 0 Å². The van der Waals surface area contributed by atoms with E-state index in [1.807, 2.05) is 0 Å². The van der Waals surface area contributed by atoms with Crippen LogP contribution in [0.2, 0.25) is 0 Å². The predicted molar refractivity (Wildman–Crippen MR) is 66.4 cm³/mol. The molecule has 0 aromatic heterocycles. The summed E-state index contributed by atoms with van der Waals surface area (Å²) in [5.41, 5.74) is 0.491. The molecule has 0 saturated heterocycles.